The highest BCUT2D eigenvalue weighted by Gasteiger charge is 2.04. The Kier molecular flexibility index (Phi) is 2.74. The average molecular weight is 221 g/mol. The number of carbonyl (C=O) groups excluding carboxylic acids is 1. The van der Waals surface area contributed by atoms with Crippen LogP contribution in [-0.4, -0.2) is 17.4 Å². The number of nitrogens with two attached hydrogens (primary N) is 1. The number of hydrogen-bond donors (Lipinski definition) is 3. The number of aromatic amines is 1. The van der Waals surface area contributed by atoms with E-state index in [4.69, 9.17) is 10.2 Å². The van der Waals surface area contributed by atoms with Gasteiger partial charge in [0.2, 0.25) is 5.91 Å². The van der Waals surface area contributed by atoms with Crippen molar-refractivity contribution in [2.45, 2.75) is 6.42 Å². The molecule has 6 nitrogen and oxygen atoms in total. The van der Waals surface area contributed by atoms with Crippen molar-refractivity contribution in [3.8, 4) is 0 Å². The van der Waals surface area contributed by atoms with Crippen LogP contribution in [0.25, 0.3) is 11.1 Å². The summed E-state index contributed by atoms with van der Waals surface area (Å²) in [6.45, 7) is 0.302. The van der Waals surface area contributed by atoms with Gasteiger partial charge in [-0.05, 0) is 18.2 Å². The molecule has 6 heteroatoms. The highest BCUT2D eigenvalue weighted by atomic mass is 16.4. The number of oxazole rings is 1. The maximum absolute atomic E-state index is 11.3. The molecule has 0 atom stereocenters. The van der Waals surface area contributed by atoms with Gasteiger partial charge in [-0.25, -0.2) is 4.79 Å². The third-order valence-corrected chi connectivity index (χ3v) is 2.07. The molecular formula is C10H11N3O3. The number of nitrogens with one attached hydrogen (secondary N) is 2. The number of amides is 1. The maximum atomic E-state index is 11.3. The van der Waals surface area contributed by atoms with Crippen molar-refractivity contribution >= 4 is 22.7 Å². The van der Waals surface area contributed by atoms with Crippen molar-refractivity contribution in [3.05, 3.63) is 28.7 Å². The van der Waals surface area contributed by atoms with Gasteiger partial charge in [0.25, 0.3) is 0 Å². The minimum atomic E-state index is -0.513. The van der Waals surface area contributed by atoms with Gasteiger partial charge in [-0.15, -0.1) is 0 Å². The number of aromatic nitrogens is 1. The van der Waals surface area contributed by atoms with Crippen LogP contribution in [0.3, 0.4) is 0 Å². The molecule has 0 aliphatic rings. The summed E-state index contributed by atoms with van der Waals surface area (Å²) in [7, 11) is 0. The van der Waals surface area contributed by atoms with Crippen LogP contribution in [0.2, 0.25) is 0 Å². The van der Waals surface area contributed by atoms with Gasteiger partial charge in [0.05, 0.1) is 5.52 Å². The molecular weight excluding hydrogens is 210 g/mol. The van der Waals surface area contributed by atoms with Crippen LogP contribution in [0.15, 0.2) is 27.4 Å². The number of fused-ring (bicyclic) bond motifs is 1. The summed E-state index contributed by atoms with van der Waals surface area (Å²) < 4.78 is 4.83. The van der Waals surface area contributed by atoms with Gasteiger partial charge < -0.3 is 15.5 Å². The van der Waals surface area contributed by atoms with E-state index in [-0.39, 0.29) is 12.3 Å². The molecule has 84 valence electrons. The molecule has 0 spiro atoms. The van der Waals surface area contributed by atoms with E-state index in [9.17, 15) is 9.59 Å². The zero-order valence-electron chi connectivity index (χ0n) is 8.45. The lowest BCUT2D eigenvalue weighted by atomic mass is 10.2. The van der Waals surface area contributed by atoms with E-state index in [1.165, 1.54) is 0 Å². The van der Waals surface area contributed by atoms with E-state index in [1.807, 2.05) is 0 Å². The van der Waals surface area contributed by atoms with Gasteiger partial charge in [0, 0.05) is 18.7 Å². The second kappa shape index (κ2) is 4.19. The first kappa shape index (κ1) is 10.4. The predicted molar refractivity (Wildman–Crippen MR) is 59.1 cm³/mol. The normalized spacial score (nSPS) is 10.6. The van der Waals surface area contributed by atoms with Crippen molar-refractivity contribution in [1.29, 1.82) is 0 Å². The van der Waals surface area contributed by atoms with Crippen molar-refractivity contribution in [2.24, 2.45) is 5.73 Å². The number of hydrogen-bond acceptors (Lipinski definition) is 4. The monoisotopic (exact) mass is 221 g/mol. The Morgan fingerprint density at radius 2 is 2.31 bits per heavy atom. The molecule has 1 heterocycles. The van der Waals surface area contributed by atoms with E-state index in [2.05, 4.69) is 10.3 Å². The summed E-state index contributed by atoms with van der Waals surface area (Å²) in [4.78, 5) is 24.7. The third kappa shape index (κ3) is 2.12. The van der Waals surface area contributed by atoms with Gasteiger partial charge in [0.15, 0.2) is 5.58 Å². The molecule has 0 aliphatic heterocycles. The van der Waals surface area contributed by atoms with Crippen LogP contribution < -0.4 is 16.8 Å². The van der Waals surface area contributed by atoms with E-state index < -0.39 is 5.76 Å². The van der Waals surface area contributed by atoms with E-state index in [0.29, 0.717) is 23.3 Å². The first-order chi connectivity index (χ1) is 7.69. The fraction of sp³-hybridized carbons (Fsp3) is 0.200. The van der Waals surface area contributed by atoms with Crippen LogP contribution in [0.1, 0.15) is 6.42 Å². The third-order valence-electron chi connectivity index (χ3n) is 2.07. The highest BCUT2D eigenvalue weighted by Crippen LogP contribution is 2.15. The Morgan fingerprint density at radius 1 is 1.50 bits per heavy atom. The average Bonchev–Trinajstić information content (AvgIpc) is 2.57. The quantitative estimate of drug-likeness (QED) is 0.698. The molecule has 0 unspecified atom stereocenters. The highest BCUT2D eigenvalue weighted by molar-refractivity contribution is 5.92. The van der Waals surface area contributed by atoms with Crippen molar-refractivity contribution in [2.75, 3.05) is 11.9 Å². The summed E-state index contributed by atoms with van der Waals surface area (Å²) in [5, 5.41) is 2.66. The van der Waals surface area contributed by atoms with E-state index in [1.54, 1.807) is 18.2 Å². The molecule has 0 bridgehead atoms. The minimum Gasteiger partial charge on any atom is -0.408 e. The van der Waals surface area contributed by atoms with Crippen LogP contribution >= 0.6 is 0 Å². The number of H-pyrrole nitrogens is 1. The zero-order valence-corrected chi connectivity index (χ0v) is 8.45. The summed E-state index contributed by atoms with van der Waals surface area (Å²) >= 11 is 0. The van der Waals surface area contributed by atoms with Crippen molar-refractivity contribution in [3.63, 3.8) is 0 Å². The van der Waals surface area contributed by atoms with Gasteiger partial charge in [-0.1, -0.05) is 0 Å². The Morgan fingerprint density at radius 3 is 3.06 bits per heavy atom. The maximum Gasteiger partial charge on any atom is 0.417 e. The number of rotatable bonds is 3. The number of carbonyl (C=O) groups is 1. The molecule has 0 radical (unpaired) electrons. The molecule has 0 fully saturated rings. The second-order valence-corrected chi connectivity index (χ2v) is 3.31. The van der Waals surface area contributed by atoms with Gasteiger partial charge in [-0.2, -0.15) is 0 Å². The SMILES string of the molecule is NCCC(=O)Nc1ccc2oc(=O)[nH]c2c1. The van der Waals surface area contributed by atoms with Gasteiger partial charge >= 0.3 is 5.76 Å². The zero-order chi connectivity index (χ0) is 11.5. The summed E-state index contributed by atoms with van der Waals surface area (Å²) in [6.07, 6.45) is 0.264. The lowest BCUT2D eigenvalue weighted by Crippen LogP contribution is -2.16. The topological polar surface area (TPSA) is 101 Å². The molecule has 4 N–H and O–H groups in total. The molecule has 1 amide bonds. The van der Waals surface area contributed by atoms with E-state index in [0.717, 1.165) is 0 Å². The molecule has 0 aliphatic carbocycles. The largest absolute Gasteiger partial charge is 0.417 e. The predicted octanol–water partition coefficient (Wildman–Crippen LogP) is 0.408. The number of benzene rings is 1. The van der Waals surface area contributed by atoms with Crippen LogP contribution in [-0.2, 0) is 4.79 Å². The van der Waals surface area contributed by atoms with Crippen LogP contribution in [0.4, 0.5) is 5.69 Å². The van der Waals surface area contributed by atoms with Gasteiger partial charge in [-0.3, -0.25) is 9.78 Å². The number of anilines is 1. The Balaban J connectivity index is 2.25. The lowest BCUT2D eigenvalue weighted by Gasteiger charge is -2.03. The molecule has 0 saturated heterocycles. The van der Waals surface area contributed by atoms with Crippen molar-refractivity contribution in [1.82, 2.24) is 4.98 Å². The Labute approximate surface area is 90.4 Å². The molecule has 2 rings (SSSR count). The van der Waals surface area contributed by atoms with Crippen LogP contribution in [0.5, 0.6) is 0 Å². The molecule has 0 saturated carbocycles. The first-order valence-corrected chi connectivity index (χ1v) is 4.82. The minimum absolute atomic E-state index is 0.160. The fourth-order valence-corrected chi connectivity index (χ4v) is 1.38. The lowest BCUT2D eigenvalue weighted by molar-refractivity contribution is -0.116. The standard InChI is InChI=1S/C10H11N3O3/c11-4-3-9(14)12-6-1-2-8-7(5-6)13-10(15)16-8/h1-2,5H,3-4,11H2,(H,12,14)(H,13,15). The van der Waals surface area contributed by atoms with Crippen molar-refractivity contribution < 1.29 is 9.21 Å². The summed E-state index contributed by atoms with van der Waals surface area (Å²) in [5.41, 5.74) is 6.87. The van der Waals surface area contributed by atoms with E-state index >= 15 is 0 Å². The second-order valence-electron chi connectivity index (χ2n) is 3.31. The Bertz CT molecular complexity index is 570. The summed E-state index contributed by atoms with van der Waals surface area (Å²) in [6, 6.07) is 4.91. The smallest absolute Gasteiger partial charge is 0.408 e. The first-order valence-electron chi connectivity index (χ1n) is 4.82. The molecule has 16 heavy (non-hydrogen) atoms. The molecule has 1 aromatic carbocycles. The van der Waals surface area contributed by atoms with Gasteiger partial charge in [0.1, 0.15) is 0 Å². The van der Waals surface area contributed by atoms with Crippen LogP contribution in [0, 0.1) is 0 Å². The fourth-order valence-electron chi connectivity index (χ4n) is 1.38. The molecule has 1 aromatic heterocycles. The molecule has 2 aromatic rings. The summed E-state index contributed by atoms with van der Waals surface area (Å²) in [5.74, 6) is -0.673. The Hall–Kier alpha value is -2.08.